The molecule has 0 spiro atoms. The van der Waals surface area contributed by atoms with Crippen molar-refractivity contribution in [2.75, 3.05) is 0 Å². The number of thioether (sulfide) groups is 1. The van der Waals surface area contributed by atoms with Gasteiger partial charge in [0, 0.05) is 6.20 Å². The maximum absolute atomic E-state index is 5.25. The third-order valence-corrected chi connectivity index (χ3v) is 3.11. The van der Waals surface area contributed by atoms with Gasteiger partial charge in [0.05, 0.1) is 17.0 Å². The second-order valence-corrected chi connectivity index (χ2v) is 4.22. The molecule has 0 aromatic carbocycles. The standard InChI is InChI=1S/C12H13NOS/c1-2-10-5-6-12(13-8-10)15-9-11-4-3-7-14-11/h3-8H,2,9H2,1H3. The molecule has 2 nitrogen and oxygen atoms in total. The normalized spacial score (nSPS) is 10.5. The summed E-state index contributed by atoms with van der Waals surface area (Å²) in [6, 6.07) is 8.07. The van der Waals surface area contributed by atoms with Gasteiger partial charge in [-0.2, -0.15) is 0 Å². The minimum atomic E-state index is 0.839. The first-order chi connectivity index (χ1) is 7.38. The molecule has 0 saturated heterocycles. The van der Waals surface area contributed by atoms with Crippen molar-refractivity contribution in [3.63, 3.8) is 0 Å². The molecule has 3 heteroatoms. The molecule has 2 aromatic heterocycles. The fourth-order valence-electron chi connectivity index (χ4n) is 1.25. The molecule has 78 valence electrons. The predicted molar refractivity (Wildman–Crippen MR) is 61.9 cm³/mol. The minimum Gasteiger partial charge on any atom is -0.468 e. The number of hydrogen-bond donors (Lipinski definition) is 0. The van der Waals surface area contributed by atoms with Crippen molar-refractivity contribution in [3.8, 4) is 0 Å². The summed E-state index contributed by atoms with van der Waals surface area (Å²) in [5.41, 5.74) is 1.28. The Labute approximate surface area is 93.7 Å². The van der Waals surface area contributed by atoms with Crippen molar-refractivity contribution in [2.24, 2.45) is 0 Å². The Bertz CT molecular complexity index is 394. The topological polar surface area (TPSA) is 26.0 Å². The van der Waals surface area contributed by atoms with Crippen LogP contribution in [0.1, 0.15) is 18.2 Å². The van der Waals surface area contributed by atoms with Crippen LogP contribution in [-0.4, -0.2) is 4.98 Å². The number of hydrogen-bond acceptors (Lipinski definition) is 3. The summed E-state index contributed by atoms with van der Waals surface area (Å²) in [7, 11) is 0. The van der Waals surface area contributed by atoms with Crippen LogP contribution >= 0.6 is 11.8 Å². The summed E-state index contributed by atoms with van der Waals surface area (Å²) < 4.78 is 5.25. The van der Waals surface area contributed by atoms with E-state index in [-0.39, 0.29) is 0 Å². The molecule has 0 saturated carbocycles. The van der Waals surface area contributed by atoms with Crippen molar-refractivity contribution in [1.29, 1.82) is 0 Å². The maximum Gasteiger partial charge on any atom is 0.114 e. The highest BCUT2D eigenvalue weighted by atomic mass is 32.2. The van der Waals surface area contributed by atoms with Crippen molar-refractivity contribution < 1.29 is 4.42 Å². The van der Waals surface area contributed by atoms with E-state index in [1.54, 1.807) is 18.0 Å². The van der Waals surface area contributed by atoms with E-state index in [9.17, 15) is 0 Å². The summed E-state index contributed by atoms with van der Waals surface area (Å²) in [5, 5.41) is 1.05. The smallest absolute Gasteiger partial charge is 0.114 e. The summed E-state index contributed by atoms with van der Waals surface area (Å²) in [4.78, 5) is 4.37. The van der Waals surface area contributed by atoms with E-state index in [0.29, 0.717) is 0 Å². The minimum absolute atomic E-state index is 0.839. The molecule has 0 aliphatic carbocycles. The highest BCUT2D eigenvalue weighted by molar-refractivity contribution is 7.98. The fraction of sp³-hybridized carbons (Fsp3) is 0.250. The van der Waals surface area contributed by atoms with E-state index in [1.807, 2.05) is 18.3 Å². The first-order valence-corrected chi connectivity index (χ1v) is 5.97. The Balaban J connectivity index is 1.93. The molecule has 2 rings (SSSR count). The molecular formula is C12H13NOS. The molecule has 2 aromatic rings. The van der Waals surface area contributed by atoms with Crippen LogP contribution in [0.2, 0.25) is 0 Å². The third kappa shape index (κ3) is 2.86. The van der Waals surface area contributed by atoms with Crippen LogP contribution < -0.4 is 0 Å². The lowest BCUT2D eigenvalue weighted by atomic mass is 10.2. The fourth-order valence-corrected chi connectivity index (χ4v) is 1.99. The Morgan fingerprint density at radius 2 is 2.27 bits per heavy atom. The van der Waals surface area contributed by atoms with Crippen molar-refractivity contribution in [3.05, 3.63) is 48.0 Å². The molecule has 15 heavy (non-hydrogen) atoms. The Kier molecular flexibility index (Phi) is 3.45. The van der Waals surface area contributed by atoms with E-state index < -0.39 is 0 Å². The van der Waals surface area contributed by atoms with E-state index in [4.69, 9.17) is 4.42 Å². The van der Waals surface area contributed by atoms with Gasteiger partial charge >= 0.3 is 0 Å². The van der Waals surface area contributed by atoms with Gasteiger partial charge in [0.25, 0.3) is 0 Å². The summed E-state index contributed by atoms with van der Waals surface area (Å²) >= 11 is 1.69. The summed E-state index contributed by atoms with van der Waals surface area (Å²) in [6.45, 7) is 2.13. The summed E-state index contributed by atoms with van der Waals surface area (Å²) in [6.07, 6.45) is 4.67. The second kappa shape index (κ2) is 5.03. The highest BCUT2D eigenvalue weighted by Gasteiger charge is 1.99. The van der Waals surface area contributed by atoms with Crippen molar-refractivity contribution in [1.82, 2.24) is 4.98 Å². The first kappa shape index (κ1) is 10.3. The van der Waals surface area contributed by atoms with Crippen LogP contribution in [0.15, 0.2) is 46.2 Å². The molecule has 0 amide bonds. The van der Waals surface area contributed by atoms with E-state index in [2.05, 4.69) is 24.0 Å². The monoisotopic (exact) mass is 219 g/mol. The van der Waals surface area contributed by atoms with Gasteiger partial charge in [-0.1, -0.05) is 24.8 Å². The van der Waals surface area contributed by atoms with E-state index in [0.717, 1.165) is 23.0 Å². The quantitative estimate of drug-likeness (QED) is 0.736. The number of aromatic nitrogens is 1. The molecule has 0 fully saturated rings. The Morgan fingerprint density at radius 3 is 2.87 bits per heavy atom. The zero-order valence-corrected chi connectivity index (χ0v) is 9.46. The van der Waals surface area contributed by atoms with Crippen LogP contribution in [0.5, 0.6) is 0 Å². The van der Waals surface area contributed by atoms with Crippen LogP contribution in [0.3, 0.4) is 0 Å². The number of rotatable bonds is 4. The largest absolute Gasteiger partial charge is 0.468 e. The highest BCUT2D eigenvalue weighted by Crippen LogP contribution is 2.20. The van der Waals surface area contributed by atoms with Gasteiger partial charge in [0.1, 0.15) is 5.76 Å². The average Bonchev–Trinajstić information content (AvgIpc) is 2.80. The summed E-state index contributed by atoms with van der Waals surface area (Å²) in [5.74, 6) is 1.83. The van der Waals surface area contributed by atoms with Gasteiger partial charge in [-0.05, 0) is 30.2 Å². The predicted octanol–water partition coefficient (Wildman–Crippen LogP) is 3.53. The molecule has 0 aliphatic heterocycles. The molecule has 0 N–H and O–H groups in total. The van der Waals surface area contributed by atoms with Crippen LogP contribution in [0, 0.1) is 0 Å². The molecular weight excluding hydrogens is 206 g/mol. The molecule has 0 radical (unpaired) electrons. The van der Waals surface area contributed by atoms with Gasteiger partial charge in [-0.25, -0.2) is 4.98 Å². The van der Waals surface area contributed by atoms with Gasteiger partial charge in [0.15, 0.2) is 0 Å². The number of pyridine rings is 1. The molecule has 0 unspecified atom stereocenters. The van der Waals surface area contributed by atoms with Gasteiger partial charge < -0.3 is 4.42 Å². The van der Waals surface area contributed by atoms with Crippen LogP contribution in [0.4, 0.5) is 0 Å². The number of furan rings is 1. The van der Waals surface area contributed by atoms with Gasteiger partial charge in [0.2, 0.25) is 0 Å². The lowest BCUT2D eigenvalue weighted by molar-refractivity contribution is 0.530. The van der Waals surface area contributed by atoms with Crippen molar-refractivity contribution >= 4 is 11.8 Å². The van der Waals surface area contributed by atoms with Crippen LogP contribution in [0.25, 0.3) is 0 Å². The zero-order chi connectivity index (χ0) is 10.5. The third-order valence-electron chi connectivity index (χ3n) is 2.15. The van der Waals surface area contributed by atoms with Crippen molar-refractivity contribution in [2.45, 2.75) is 24.1 Å². The maximum atomic E-state index is 5.25. The zero-order valence-electron chi connectivity index (χ0n) is 8.64. The average molecular weight is 219 g/mol. The molecule has 2 heterocycles. The Hall–Kier alpha value is -1.22. The number of aryl methyl sites for hydroxylation is 1. The molecule has 0 aliphatic rings. The SMILES string of the molecule is CCc1ccc(SCc2ccco2)nc1. The van der Waals surface area contributed by atoms with E-state index >= 15 is 0 Å². The Morgan fingerprint density at radius 1 is 1.33 bits per heavy atom. The second-order valence-electron chi connectivity index (χ2n) is 3.23. The molecule has 0 bridgehead atoms. The lowest BCUT2D eigenvalue weighted by Gasteiger charge is -1.99. The molecule has 0 atom stereocenters. The lowest BCUT2D eigenvalue weighted by Crippen LogP contribution is -1.84. The first-order valence-electron chi connectivity index (χ1n) is 4.98. The van der Waals surface area contributed by atoms with E-state index in [1.165, 1.54) is 5.56 Å². The number of nitrogens with zero attached hydrogens (tertiary/aromatic N) is 1. The van der Waals surface area contributed by atoms with Crippen LogP contribution in [-0.2, 0) is 12.2 Å². The van der Waals surface area contributed by atoms with Gasteiger partial charge in [-0.3, -0.25) is 0 Å². The van der Waals surface area contributed by atoms with Gasteiger partial charge in [-0.15, -0.1) is 0 Å².